The topological polar surface area (TPSA) is 63.5 Å². The smallest absolute Gasteiger partial charge is 0.305 e. The van der Waals surface area contributed by atoms with Crippen molar-refractivity contribution < 1.29 is 14.1 Å². The highest BCUT2D eigenvalue weighted by atomic mass is 19.1. The van der Waals surface area contributed by atoms with Gasteiger partial charge in [0.1, 0.15) is 0 Å². The van der Waals surface area contributed by atoms with E-state index >= 15 is 0 Å². The Morgan fingerprint density at radius 1 is 1.48 bits per heavy atom. The van der Waals surface area contributed by atoms with E-state index in [4.69, 9.17) is 0 Å². The third kappa shape index (κ3) is 3.77. The third-order valence-electron chi connectivity index (χ3n) is 3.59. The first kappa shape index (κ1) is 15.4. The Kier molecular flexibility index (Phi) is 4.55. The maximum Gasteiger partial charge on any atom is 0.305 e. The highest BCUT2D eigenvalue weighted by molar-refractivity contribution is 5.95. The van der Waals surface area contributed by atoms with Crippen molar-refractivity contribution in [2.75, 3.05) is 6.54 Å². The number of hydrogen-bond donors (Lipinski definition) is 0. The van der Waals surface area contributed by atoms with Crippen LogP contribution in [0.25, 0.3) is 0 Å². The average molecular weight is 294 g/mol. The Hall–Kier alpha value is -1.98. The van der Waals surface area contributed by atoms with Crippen molar-refractivity contribution in [3.63, 3.8) is 0 Å². The molecule has 1 aromatic rings. The molecule has 0 saturated heterocycles. The molecule has 1 saturated carbocycles. The van der Waals surface area contributed by atoms with Crippen LogP contribution < -0.4 is 0 Å². The third-order valence-corrected chi connectivity index (χ3v) is 3.59. The molecule has 1 aliphatic carbocycles. The first-order valence-electron chi connectivity index (χ1n) is 7.15. The second-order valence-electron chi connectivity index (χ2n) is 5.84. The van der Waals surface area contributed by atoms with Gasteiger partial charge in [0.05, 0.1) is 4.92 Å². The largest absolute Gasteiger partial charge is 0.336 e. The van der Waals surface area contributed by atoms with Gasteiger partial charge in [0, 0.05) is 24.2 Å². The Bertz CT molecular complexity index is 556. The van der Waals surface area contributed by atoms with Crippen LogP contribution in [-0.2, 0) is 0 Å². The minimum absolute atomic E-state index is 0.179. The fourth-order valence-electron chi connectivity index (χ4n) is 2.18. The number of carbonyl (C=O) groups is 1. The monoisotopic (exact) mass is 294 g/mol. The Labute approximate surface area is 122 Å². The van der Waals surface area contributed by atoms with Gasteiger partial charge in [0.15, 0.2) is 0 Å². The number of nitrogens with zero attached hydrogens (tertiary/aromatic N) is 2. The van der Waals surface area contributed by atoms with Crippen LogP contribution in [0.2, 0.25) is 0 Å². The van der Waals surface area contributed by atoms with Gasteiger partial charge < -0.3 is 4.90 Å². The molecule has 0 unspecified atom stereocenters. The van der Waals surface area contributed by atoms with Crippen LogP contribution in [0.5, 0.6) is 0 Å². The second kappa shape index (κ2) is 6.20. The van der Waals surface area contributed by atoms with Gasteiger partial charge in [-0.2, -0.15) is 4.39 Å². The summed E-state index contributed by atoms with van der Waals surface area (Å²) in [6.07, 6.45) is 2.81. The zero-order valence-corrected chi connectivity index (χ0v) is 12.2. The molecule has 0 N–H and O–H groups in total. The second-order valence-corrected chi connectivity index (χ2v) is 5.84. The van der Waals surface area contributed by atoms with Gasteiger partial charge >= 0.3 is 5.69 Å². The predicted molar refractivity (Wildman–Crippen MR) is 76.6 cm³/mol. The quantitative estimate of drug-likeness (QED) is 0.596. The number of nitro benzene ring substituents is 1. The molecule has 1 aromatic carbocycles. The van der Waals surface area contributed by atoms with Gasteiger partial charge in [0.2, 0.25) is 5.82 Å². The Morgan fingerprint density at radius 3 is 2.67 bits per heavy atom. The van der Waals surface area contributed by atoms with Crippen LogP contribution in [0.1, 0.15) is 43.5 Å². The Balaban J connectivity index is 2.20. The van der Waals surface area contributed by atoms with E-state index in [9.17, 15) is 19.3 Å². The molecule has 0 aliphatic heterocycles. The molecule has 114 valence electrons. The number of hydrogen-bond acceptors (Lipinski definition) is 3. The molecule has 5 nitrogen and oxygen atoms in total. The molecule has 1 amide bonds. The van der Waals surface area contributed by atoms with Crippen LogP contribution in [-0.4, -0.2) is 28.3 Å². The van der Waals surface area contributed by atoms with Gasteiger partial charge in [0.25, 0.3) is 5.91 Å². The zero-order chi connectivity index (χ0) is 15.6. The lowest BCUT2D eigenvalue weighted by molar-refractivity contribution is -0.387. The summed E-state index contributed by atoms with van der Waals surface area (Å²) in [6.45, 7) is 4.79. The standard InChI is InChI=1S/C15H19FN2O3/c1-10(2)7-8-17(12-4-5-12)15(19)11-3-6-13(16)14(9-11)18(20)21/h3,6,9-10,12H,4-5,7-8H2,1-2H3. The molecule has 2 rings (SSSR count). The van der Waals surface area contributed by atoms with E-state index in [0.29, 0.717) is 12.5 Å². The summed E-state index contributed by atoms with van der Waals surface area (Å²) < 4.78 is 13.3. The maximum absolute atomic E-state index is 13.3. The Morgan fingerprint density at radius 2 is 2.14 bits per heavy atom. The fourth-order valence-corrected chi connectivity index (χ4v) is 2.18. The van der Waals surface area contributed by atoms with Crippen LogP contribution >= 0.6 is 0 Å². The first-order valence-corrected chi connectivity index (χ1v) is 7.15. The van der Waals surface area contributed by atoms with Gasteiger partial charge in [-0.15, -0.1) is 0 Å². The van der Waals surface area contributed by atoms with Crippen LogP contribution in [0.3, 0.4) is 0 Å². The molecule has 1 aliphatic rings. The van der Waals surface area contributed by atoms with Gasteiger partial charge in [-0.05, 0) is 37.3 Å². The molecular weight excluding hydrogens is 275 g/mol. The number of halogens is 1. The van der Waals surface area contributed by atoms with Crippen molar-refractivity contribution in [2.24, 2.45) is 5.92 Å². The average Bonchev–Trinajstić information content (AvgIpc) is 3.23. The molecule has 0 heterocycles. The van der Waals surface area contributed by atoms with Crippen LogP contribution in [0, 0.1) is 21.8 Å². The van der Waals surface area contributed by atoms with Crippen LogP contribution in [0.15, 0.2) is 18.2 Å². The summed E-state index contributed by atoms with van der Waals surface area (Å²) in [7, 11) is 0. The van der Waals surface area contributed by atoms with Gasteiger partial charge in [-0.25, -0.2) is 0 Å². The fraction of sp³-hybridized carbons (Fsp3) is 0.533. The van der Waals surface area contributed by atoms with E-state index in [-0.39, 0.29) is 17.5 Å². The van der Waals surface area contributed by atoms with Gasteiger partial charge in [-0.1, -0.05) is 13.8 Å². The highest BCUT2D eigenvalue weighted by Gasteiger charge is 2.33. The minimum atomic E-state index is -0.920. The summed E-state index contributed by atoms with van der Waals surface area (Å²) in [5, 5.41) is 10.8. The summed E-state index contributed by atoms with van der Waals surface area (Å²) in [6, 6.07) is 3.55. The molecule has 0 radical (unpaired) electrons. The van der Waals surface area contributed by atoms with Crippen molar-refractivity contribution in [3.05, 3.63) is 39.7 Å². The molecule has 6 heteroatoms. The number of nitro groups is 1. The summed E-state index contributed by atoms with van der Waals surface area (Å²) in [5.41, 5.74) is -0.473. The van der Waals surface area contributed by atoms with Crippen molar-refractivity contribution in [2.45, 2.75) is 39.2 Å². The van der Waals surface area contributed by atoms with E-state index in [1.54, 1.807) is 4.90 Å². The SMILES string of the molecule is CC(C)CCN(C(=O)c1ccc(F)c([N+](=O)[O-])c1)C1CC1. The highest BCUT2D eigenvalue weighted by Crippen LogP contribution is 2.30. The lowest BCUT2D eigenvalue weighted by atomic mass is 10.1. The molecule has 0 bridgehead atoms. The van der Waals surface area contributed by atoms with Crippen molar-refractivity contribution in [3.8, 4) is 0 Å². The van der Waals surface area contributed by atoms with Crippen molar-refractivity contribution in [1.82, 2.24) is 4.90 Å². The zero-order valence-electron chi connectivity index (χ0n) is 12.2. The van der Waals surface area contributed by atoms with E-state index in [0.717, 1.165) is 31.4 Å². The predicted octanol–water partition coefficient (Wildman–Crippen LogP) is 3.38. The molecule has 0 aromatic heterocycles. The number of amides is 1. The first-order chi connectivity index (χ1) is 9.90. The minimum Gasteiger partial charge on any atom is -0.336 e. The van der Waals surface area contributed by atoms with Gasteiger partial charge in [-0.3, -0.25) is 14.9 Å². The maximum atomic E-state index is 13.3. The molecule has 0 atom stereocenters. The molecule has 21 heavy (non-hydrogen) atoms. The van der Waals surface area contributed by atoms with Crippen LogP contribution in [0.4, 0.5) is 10.1 Å². The van der Waals surface area contributed by atoms with E-state index in [2.05, 4.69) is 13.8 Å². The molecular formula is C15H19FN2O3. The van der Waals surface area contributed by atoms with E-state index in [1.807, 2.05) is 0 Å². The van der Waals surface area contributed by atoms with E-state index in [1.165, 1.54) is 6.07 Å². The van der Waals surface area contributed by atoms with E-state index < -0.39 is 16.4 Å². The molecule has 1 fully saturated rings. The molecule has 0 spiro atoms. The summed E-state index contributed by atoms with van der Waals surface area (Å²) in [4.78, 5) is 24.2. The number of rotatable bonds is 6. The van der Waals surface area contributed by atoms with Crippen molar-refractivity contribution >= 4 is 11.6 Å². The number of carbonyl (C=O) groups excluding carboxylic acids is 1. The summed E-state index contributed by atoms with van der Waals surface area (Å²) in [5.74, 6) is -0.695. The van der Waals surface area contributed by atoms with Crippen molar-refractivity contribution in [1.29, 1.82) is 0 Å². The normalized spacial score (nSPS) is 14.3. The number of benzene rings is 1. The lowest BCUT2D eigenvalue weighted by Gasteiger charge is -2.23. The summed E-state index contributed by atoms with van der Waals surface area (Å²) >= 11 is 0. The lowest BCUT2D eigenvalue weighted by Crippen LogP contribution is -2.34.